The Morgan fingerprint density at radius 2 is 2.14 bits per heavy atom. The first-order valence-electron chi connectivity index (χ1n) is 8.81. The molecule has 0 aromatic heterocycles. The van der Waals surface area contributed by atoms with E-state index >= 15 is 0 Å². The molecule has 2 amide bonds. The zero-order valence-electron chi connectivity index (χ0n) is 13.9. The third-order valence-electron chi connectivity index (χ3n) is 6.18. The minimum Gasteiger partial charge on any atom is -0.396 e. The largest absolute Gasteiger partial charge is 0.396 e. The number of nitrogens with one attached hydrogen (secondary N) is 1. The van der Waals surface area contributed by atoms with Gasteiger partial charge in [-0.05, 0) is 39.0 Å². The first-order valence-corrected chi connectivity index (χ1v) is 8.81. The lowest BCUT2D eigenvalue weighted by molar-refractivity contribution is -0.170. The van der Waals surface area contributed by atoms with E-state index in [4.69, 9.17) is 4.74 Å². The normalized spacial score (nSPS) is 36.6. The highest BCUT2D eigenvalue weighted by molar-refractivity contribution is 5.75. The van der Waals surface area contributed by atoms with Gasteiger partial charge in [0.15, 0.2) is 0 Å². The maximum absolute atomic E-state index is 12.6. The van der Waals surface area contributed by atoms with Crippen molar-refractivity contribution >= 4 is 6.03 Å². The number of rotatable bonds is 4. The summed E-state index contributed by atoms with van der Waals surface area (Å²) < 4.78 is 5.85. The van der Waals surface area contributed by atoms with E-state index in [0.717, 1.165) is 32.4 Å². The lowest BCUT2D eigenvalue weighted by Gasteiger charge is -2.61. The molecule has 3 aliphatic rings. The van der Waals surface area contributed by atoms with Gasteiger partial charge in [-0.25, -0.2) is 4.79 Å². The molecular formula is C17H30N2O3. The summed E-state index contributed by atoms with van der Waals surface area (Å²) in [5.74, 6) is 0. The Balaban J connectivity index is 1.56. The molecule has 5 heteroatoms. The first-order chi connectivity index (χ1) is 10.5. The highest BCUT2D eigenvalue weighted by Crippen LogP contribution is 2.57. The molecule has 0 unspecified atom stereocenters. The summed E-state index contributed by atoms with van der Waals surface area (Å²) in [4.78, 5) is 14.5. The Kier molecular flexibility index (Phi) is 4.38. The second-order valence-electron chi connectivity index (χ2n) is 7.76. The Labute approximate surface area is 133 Å². The Morgan fingerprint density at radius 1 is 1.36 bits per heavy atom. The van der Waals surface area contributed by atoms with Gasteiger partial charge in [-0.1, -0.05) is 13.3 Å². The molecule has 0 aromatic rings. The van der Waals surface area contributed by atoms with Gasteiger partial charge in [-0.3, -0.25) is 0 Å². The van der Waals surface area contributed by atoms with Gasteiger partial charge in [0, 0.05) is 36.6 Å². The lowest BCUT2D eigenvalue weighted by atomic mass is 9.51. The van der Waals surface area contributed by atoms with Gasteiger partial charge in [-0.2, -0.15) is 0 Å². The van der Waals surface area contributed by atoms with E-state index in [0.29, 0.717) is 12.6 Å². The lowest BCUT2D eigenvalue weighted by Crippen LogP contribution is -2.69. The van der Waals surface area contributed by atoms with Gasteiger partial charge < -0.3 is 20.1 Å². The van der Waals surface area contributed by atoms with Crippen molar-refractivity contribution in [3.05, 3.63) is 0 Å². The second kappa shape index (κ2) is 6.00. The van der Waals surface area contributed by atoms with Crippen LogP contribution in [0.4, 0.5) is 4.79 Å². The van der Waals surface area contributed by atoms with E-state index in [1.807, 2.05) is 11.8 Å². The number of nitrogens with zero attached hydrogens (tertiary/aromatic N) is 1. The molecule has 0 bridgehead atoms. The van der Waals surface area contributed by atoms with Gasteiger partial charge >= 0.3 is 6.03 Å². The minimum absolute atomic E-state index is 0.0469. The quantitative estimate of drug-likeness (QED) is 0.836. The van der Waals surface area contributed by atoms with Crippen molar-refractivity contribution in [1.29, 1.82) is 0 Å². The van der Waals surface area contributed by atoms with Crippen molar-refractivity contribution in [3.63, 3.8) is 0 Å². The summed E-state index contributed by atoms with van der Waals surface area (Å²) in [6.45, 7) is 6.47. The van der Waals surface area contributed by atoms with Crippen LogP contribution < -0.4 is 5.32 Å². The summed E-state index contributed by atoms with van der Waals surface area (Å²) in [5.41, 5.74) is 0.0684. The fraction of sp³-hybridized carbons (Fsp3) is 0.941. The van der Waals surface area contributed by atoms with E-state index in [1.165, 1.54) is 19.3 Å². The monoisotopic (exact) mass is 310 g/mol. The highest BCUT2D eigenvalue weighted by Gasteiger charge is 2.59. The van der Waals surface area contributed by atoms with E-state index in [9.17, 15) is 9.90 Å². The molecule has 1 aliphatic heterocycles. The molecule has 3 fully saturated rings. The number of hydrogen-bond donors (Lipinski definition) is 2. The summed E-state index contributed by atoms with van der Waals surface area (Å²) in [5, 5.41) is 12.8. The number of hydrogen-bond acceptors (Lipinski definition) is 3. The van der Waals surface area contributed by atoms with Crippen LogP contribution in [-0.2, 0) is 4.74 Å². The zero-order chi connectivity index (χ0) is 15.8. The number of piperidine rings is 1. The Bertz CT molecular complexity index is 424. The molecule has 1 spiro atoms. The summed E-state index contributed by atoms with van der Waals surface area (Å²) in [7, 11) is 0. The summed E-state index contributed by atoms with van der Waals surface area (Å²) >= 11 is 0. The van der Waals surface area contributed by atoms with Crippen LogP contribution in [0.3, 0.4) is 0 Å². The van der Waals surface area contributed by atoms with Gasteiger partial charge in [0.25, 0.3) is 0 Å². The number of carbonyl (C=O) groups excluding carboxylic acids is 1. The maximum Gasteiger partial charge on any atom is 0.317 e. The molecule has 3 atom stereocenters. The third-order valence-corrected chi connectivity index (χ3v) is 6.18. The molecule has 3 rings (SSSR count). The van der Waals surface area contributed by atoms with Crippen LogP contribution in [0.2, 0.25) is 0 Å². The second-order valence-corrected chi connectivity index (χ2v) is 7.76. The zero-order valence-corrected chi connectivity index (χ0v) is 13.9. The fourth-order valence-electron chi connectivity index (χ4n) is 4.50. The number of urea groups is 1. The summed E-state index contributed by atoms with van der Waals surface area (Å²) in [6.07, 6.45) is 6.86. The van der Waals surface area contributed by atoms with E-state index in [2.05, 4.69) is 12.2 Å². The molecular weight excluding hydrogens is 280 g/mol. The van der Waals surface area contributed by atoms with Gasteiger partial charge in [0.1, 0.15) is 0 Å². The van der Waals surface area contributed by atoms with Crippen molar-refractivity contribution in [2.45, 2.75) is 64.5 Å². The Hall–Kier alpha value is -0.810. The smallest absolute Gasteiger partial charge is 0.317 e. The van der Waals surface area contributed by atoms with Crippen LogP contribution in [-0.4, -0.2) is 54.5 Å². The van der Waals surface area contributed by atoms with Crippen LogP contribution in [0.1, 0.15) is 52.4 Å². The predicted octanol–water partition coefficient (Wildman–Crippen LogP) is 2.14. The van der Waals surface area contributed by atoms with Gasteiger partial charge in [0.05, 0.1) is 12.7 Å². The summed E-state index contributed by atoms with van der Waals surface area (Å²) in [6, 6.07) is 0.318. The average Bonchev–Trinajstić information content (AvgIpc) is 2.44. The molecule has 22 heavy (non-hydrogen) atoms. The average molecular weight is 310 g/mol. The number of aliphatic hydroxyl groups is 1. The molecule has 0 aromatic carbocycles. The molecule has 0 radical (unpaired) electrons. The van der Waals surface area contributed by atoms with E-state index in [1.54, 1.807) is 0 Å². The molecule has 2 aliphatic carbocycles. The van der Waals surface area contributed by atoms with Crippen LogP contribution in [0.5, 0.6) is 0 Å². The molecule has 1 heterocycles. The van der Waals surface area contributed by atoms with Gasteiger partial charge in [-0.15, -0.1) is 0 Å². The number of likely N-dealkylation sites (tertiary alicyclic amines) is 1. The van der Waals surface area contributed by atoms with Crippen molar-refractivity contribution in [1.82, 2.24) is 10.2 Å². The third kappa shape index (κ3) is 2.62. The predicted molar refractivity (Wildman–Crippen MR) is 84.6 cm³/mol. The standard InChI is InChI=1S/C17H30N2O3/c1-3-22-14-10-13(17(14)7-4-8-17)18-15(21)19-9-5-6-16(2,11-19)12-20/h13-14,20H,3-12H2,1-2H3,(H,18,21)/t13-,14-,16+/m1/s1. The number of amides is 2. The maximum atomic E-state index is 12.6. The van der Waals surface area contributed by atoms with Crippen molar-refractivity contribution in [3.8, 4) is 0 Å². The molecule has 5 nitrogen and oxygen atoms in total. The minimum atomic E-state index is -0.142. The van der Waals surface area contributed by atoms with Crippen LogP contribution in [0.25, 0.3) is 0 Å². The number of aliphatic hydroxyl groups excluding tert-OH is 1. The Morgan fingerprint density at radius 3 is 2.73 bits per heavy atom. The fourth-order valence-corrected chi connectivity index (χ4v) is 4.50. The molecule has 1 saturated heterocycles. The highest BCUT2D eigenvalue weighted by atomic mass is 16.5. The van der Waals surface area contributed by atoms with Crippen LogP contribution >= 0.6 is 0 Å². The molecule has 2 N–H and O–H groups in total. The van der Waals surface area contributed by atoms with Gasteiger partial charge in [0.2, 0.25) is 0 Å². The first kappa shape index (κ1) is 16.1. The topological polar surface area (TPSA) is 61.8 Å². The number of ether oxygens (including phenoxy) is 1. The van der Waals surface area contributed by atoms with E-state index < -0.39 is 0 Å². The van der Waals surface area contributed by atoms with E-state index in [-0.39, 0.29) is 29.5 Å². The number of carbonyl (C=O) groups is 1. The molecule has 2 saturated carbocycles. The van der Waals surface area contributed by atoms with Crippen LogP contribution in [0.15, 0.2) is 0 Å². The SMILES string of the molecule is CCO[C@@H]1C[C@@H](NC(=O)N2CCC[C@](C)(CO)C2)C12CCC2. The van der Waals surface area contributed by atoms with Crippen molar-refractivity contribution in [2.75, 3.05) is 26.3 Å². The van der Waals surface area contributed by atoms with Crippen molar-refractivity contribution in [2.24, 2.45) is 10.8 Å². The van der Waals surface area contributed by atoms with Crippen molar-refractivity contribution < 1.29 is 14.6 Å². The van der Waals surface area contributed by atoms with Crippen LogP contribution in [0, 0.1) is 10.8 Å². The molecule has 126 valence electrons.